The highest BCUT2D eigenvalue weighted by atomic mass is 16.5. The minimum absolute atomic E-state index is 0.130. The van der Waals surface area contributed by atoms with Crippen LogP contribution in [-0.2, 0) is 17.9 Å². The van der Waals surface area contributed by atoms with Crippen molar-refractivity contribution in [1.82, 2.24) is 14.2 Å². The average molecular weight is 284 g/mol. The van der Waals surface area contributed by atoms with Gasteiger partial charge >= 0.3 is 5.76 Å². The van der Waals surface area contributed by atoms with Gasteiger partial charge in [0.05, 0.1) is 17.6 Å². The molecule has 7 nitrogen and oxygen atoms in total. The van der Waals surface area contributed by atoms with Crippen molar-refractivity contribution in [2.45, 2.75) is 13.2 Å². The maximum atomic E-state index is 11.7. The third-order valence-corrected chi connectivity index (χ3v) is 3.11. The molecule has 0 aromatic carbocycles. The van der Waals surface area contributed by atoms with Gasteiger partial charge in [0, 0.05) is 25.1 Å². The zero-order valence-corrected chi connectivity index (χ0v) is 11.3. The smallest absolute Gasteiger partial charge is 0.390 e. The SMILES string of the molecule is COCc1nn(Cc2cn3ccccc3c2C#N)c(=O)o1. The van der Waals surface area contributed by atoms with Crippen molar-refractivity contribution in [2.75, 3.05) is 7.11 Å². The van der Waals surface area contributed by atoms with Crippen LogP contribution >= 0.6 is 0 Å². The van der Waals surface area contributed by atoms with Gasteiger partial charge in [-0.15, -0.1) is 5.10 Å². The number of pyridine rings is 1. The second-order valence-electron chi connectivity index (χ2n) is 4.49. The Bertz CT molecular complexity index is 882. The number of ether oxygens (including phenoxy) is 1. The Morgan fingerprint density at radius 3 is 3.10 bits per heavy atom. The Morgan fingerprint density at radius 1 is 1.48 bits per heavy atom. The molecule has 0 unspecified atom stereocenters. The van der Waals surface area contributed by atoms with Crippen LogP contribution in [-0.4, -0.2) is 21.3 Å². The fraction of sp³-hybridized carbons (Fsp3) is 0.214. The van der Waals surface area contributed by atoms with Gasteiger partial charge in [-0.1, -0.05) is 6.07 Å². The van der Waals surface area contributed by atoms with E-state index in [9.17, 15) is 10.1 Å². The van der Waals surface area contributed by atoms with Crippen LogP contribution in [0.15, 0.2) is 39.8 Å². The molecule has 21 heavy (non-hydrogen) atoms. The van der Waals surface area contributed by atoms with E-state index in [0.717, 1.165) is 5.52 Å². The first kappa shape index (κ1) is 13.1. The molecule has 0 radical (unpaired) electrons. The van der Waals surface area contributed by atoms with Crippen LogP contribution in [0.3, 0.4) is 0 Å². The van der Waals surface area contributed by atoms with Gasteiger partial charge in [-0.3, -0.25) is 0 Å². The van der Waals surface area contributed by atoms with Crippen molar-refractivity contribution in [3.63, 3.8) is 0 Å². The second kappa shape index (κ2) is 5.26. The predicted molar refractivity (Wildman–Crippen MR) is 72.7 cm³/mol. The van der Waals surface area contributed by atoms with Crippen molar-refractivity contribution in [3.8, 4) is 6.07 Å². The Hall–Kier alpha value is -2.85. The van der Waals surface area contributed by atoms with Gasteiger partial charge in [0.1, 0.15) is 12.7 Å². The molecule has 0 spiro atoms. The van der Waals surface area contributed by atoms with E-state index < -0.39 is 5.76 Å². The molecule has 3 rings (SSSR count). The molecule has 0 fully saturated rings. The highest BCUT2D eigenvalue weighted by Gasteiger charge is 2.14. The highest BCUT2D eigenvalue weighted by Crippen LogP contribution is 2.18. The molecule has 3 aromatic heterocycles. The molecule has 0 saturated heterocycles. The van der Waals surface area contributed by atoms with E-state index in [1.165, 1.54) is 11.8 Å². The maximum absolute atomic E-state index is 11.7. The highest BCUT2D eigenvalue weighted by molar-refractivity contribution is 5.65. The number of aromatic nitrogens is 3. The van der Waals surface area contributed by atoms with Gasteiger partial charge in [0.2, 0.25) is 5.89 Å². The Kier molecular flexibility index (Phi) is 3.30. The van der Waals surface area contributed by atoms with E-state index in [2.05, 4.69) is 11.2 Å². The van der Waals surface area contributed by atoms with Gasteiger partial charge in [-0.05, 0) is 12.1 Å². The largest absolute Gasteiger partial charge is 0.437 e. The molecule has 0 aliphatic rings. The lowest BCUT2D eigenvalue weighted by Crippen LogP contribution is -2.16. The monoisotopic (exact) mass is 284 g/mol. The van der Waals surface area contributed by atoms with Crippen molar-refractivity contribution in [1.29, 1.82) is 5.26 Å². The maximum Gasteiger partial charge on any atom is 0.437 e. The lowest BCUT2D eigenvalue weighted by molar-refractivity contribution is 0.158. The molecule has 0 bridgehead atoms. The summed E-state index contributed by atoms with van der Waals surface area (Å²) in [5, 5.41) is 13.4. The zero-order valence-electron chi connectivity index (χ0n) is 11.3. The van der Waals surface area contributed by atoms with Crippen LogP contribution in [0.1, 0.15) is 17.0 Å². The van der Waals surface area contributed by atoms with E-state index >= 15 is 0 Å². The van der Waals surface area contributed by atoms with Gasteiger partial charge in [0.25, 0.3) is 0 Å². The molecule has 0 aliphatic heterocycles. The quantitative estimate of drug-likeness (QED) is 0.717. The molecule has 0 N–H and O–H groups in total. The third-order valence-electron chi connectivity index (χ3n) is 3.11. The van der Waals surface area contributed by atoms with Crippen molar-refractivity contribution in [2.24, 2.45) is 0 Å². The number of fused-ring (bicyclic) bond motifs is 1. The van der Waals surface area contributed by atoms with Gasteiger partial charge < -0.3 is 13.6 Å². The van der Waals surface area contributed by atoms with Crippen LogP contribution < -0.4 is 5.76 Å². The van der Waals surface area contributed by atoms with Gasteiger partial charge in [0.15, 0.2) is 0 Å². The summed E-state index contributed by atoms with van der Waals surface area (Å²) < 4.78 is 12.9. The minimum atomic E-state index is -0.568. The van der Waals surface area contributed by atoms with Crippen molar-refractivity contribution < 1.29 is 9.15 Å². The molecule has 106 valence electrons. The van der Waals surface area contributed by atoms with E-state index in [1.807, 2.05) is 35.0 Å². The first-order valence-electron chi connectivity index (χ1n) is 6.27. The number of hydrogen-bond donors (Lipinski definition) is 0. The Morgan fingerprint density at radius 2 is 2.33 bits per heavy atom. The standard InChI is InChI=1S/C14H12N4O3/c1-20-9-13-16-18(14(19)21-13)8-10-7-17-5-3-2-4-12(17)11(10)6-15/h2-5,7H,8-9H2,1H3. The summed E-state index contributed by atoms with van der Waals surface area (Å²) >= 11 is 0. The van der Waals surface area contributed by atoms with Crippen LogP contribution in [0.5, 0.6) is 0 Å². The van der Waals surface area contributed by atoms with E-state index in [1.54, 1.807) is 0 Å². The number of methoxy groups -OCH3 is 1. The van der Waals surface area contributed by atoms with Crippen molar-refractivity contribution >= 4 is 5.52 Å². The third kappa shape index (κ3) is 2.32. The zero-order chi connectivity index (χ0) is 14.8. The molecule has 7 heteroatoms. The predicted octanol–water partition coefficient (Wildman–Crippen LogP) is 1.16. The fourth-order valence-corrected chi connectivity index (χ4v) is 2.22. The number of nitrogens with zero attached hydrogens (tertiary/aromatic N) is 4. The van der Waals surface area contributed by atoms with E-state index in [0.29, 0.717) is 11.1 Å². The molecule has 3 heterocycles. The summed E-state index contributed by atoms with van der Waals surface area (Å²) in [4.78, 5) is 11.7. The summed E-state index contributed by atoms with van der Waals surface area (Å²) in [6, 6.07) is 7.75. The first-order chi connectivity index (χ1) is 10.2. The summed E-state index contributed by atoms with van der Waals surface area (Å²) in [5.74, 6) is -0.356. The summed E-state index contributed by atoms with van der Waals surface area (Å²) in [6.07, 6.45) is 3.66. The minimum Gasteiger partial charge on any atom is -0.390 e. The van der Waals surface area contributed by atoms with Crippen LogP contribution in [0.4, 0.5) is 0 Å². The topological polar surface area (TPSA) is 85.5 Å². The average Bonchev–Trinajstić information content (AvgIpc) is 3.00. The molecule has 3 aromatic rings. The Balaban J connectivity index is 2.02. The van der Waals surface area contributed by atoms with E-state index in [-0.39, 0.29) is 19.0 Å². The summed E-state index contributed by atoms with van der Waals surface area (Å²) in [5.41, 5.74) is 2.03. The summed E-state index contributed by atoms with van der Waals surface area (Å²) in [6.45, 7) is 0.307. The first-order valence-corrected chi connectivity index (χ1v) is 6.27. The lowest BCUT2D eigenvalue weighted by atomic mass is 10.2. The van der Waals surface area contributed by atoms with Gasteiger partial charge in [-0.2, -0.15) is 9.94 Å². The van der Waals surface area contributed by atoms with Gasteiger partial charge in [-0.25, -0.2) is 4.79 Å². The summed E-state index contributed by atoms with van der Waals surface area (Å²) in [7, 11) is 1.49. The molecular formula is C14H12N4O3. The van der Waals surface area contributed by atoms with Crippen molar-refractivity contribution in [3.05, 3.63) is 58.2 Å². The number of rotatable bonds is 4. The molecular weight excluding hydrogens is 272 g/mol. The Labute approximate surface area is 119 Å². The van der Waals surface area contributed by atoms with Crippen LogP contribution in [0, 0.1) is 11.3 Å². The lowest BCUT2D eigenvalue weighted by Gasteiger charge is -1.96. The number of nitriles is 1. The van der Waals surface area contributed by atoms with E-state index in [4.69, 9.17) is 9.15 Å². The van der Waals surface area contributed by atoms with Crippen LogP contribution in [0.25, 0.3) is 5.52 Å². The molecule has 0 amide bonds. The number of hydrogen-bond acceptors (Lipinski definition) is 5. The molecule has 0 atom stereocenters. The molecule has 0 saturated carbocycles. The normalized spacial score (nSPS) is 10.9. The fourth-order valence-electron chi connectivity index (χ4n) is 2.22. The molecule has 0 aliphatic carbocycles. The van der Waals surface area contributed by atoms with Crippen LogP contribution in [0.2, 0.25) is 0 Å². The second-order valence-corrected chi connectivity index (χ2v) is 4.49.